The van der Waals surface area contributed by atoms with Crippen LogP contribution >= 0.6 is 0 Å². The number of hydrogen-bond donors (Lipinski definition) is 1. The quantitative estimate of drug-likeness (QED) is 0.856. The van der Waals surface area contributed by atoms with Crippen LogP contribution in [-0.4, -0.2) is 49.3 Å². The lowest BCUT2D eigenvalue weighted by atomic mass is 10.1. The lowest BCUT2D eigenvalue weighted by Gasteiger charge is -2.17. The number of sulfone groups is 1. The fourth-order valence-electron chi connectivity index (χ4n) is 3.55. The van der Waals surface area contributed by atoms with Crippen molar-refractivity contribution in [3.63, 3.8) is 0 Å². The summed E-state index contributed by atoms with van der Waals surface area (Å²) in [7, 11) is -3.07. The zero-order chi connectivity index (χ0) is 19.0. The first kappa shape index (κ1) is 17.7. The molecule has 0 radical (unpaired) electrons. The van der Waals surface area contributed by atoms with Gasteiger partial charge in [-0.15, -0.1) is 0 Å². The Morgan fingerprint density at radius 3 is 2.78 bits per heavy atom. The molecule has 2 aromatic rings. The number of hydrogen-bond acceptors (Lipinski definition) is 5. The average molecular weight is 385 g/mol. The number of nitrogens with one attached hydrogen (secondary N) is 1. The highest BCUT2D eigenvalue weighted by Crippen LogP contribution is 2.28. The van der Waals surface area contributed by atoms with Gasteiger partial charge < -0.3 is 10.2 Å². The van der Waals surface area contributed by atoms with Crippen LogP contribution in [-0.2, 0) is 16.3 Å². The van der Waals surface area contributed by atoms with Gasteiger partial charge in [-0.3, -0.25) is 14.6 Å². The lowest BCUT2D eigenvalue weighted by molar-refractivity contribution is 0.0941. The van der Waals surface area contributed by atoms with Gasteiger partial charge in [0, 0.05) is 30.0 Å². The molecule has 3 heterocycles. The molecule has 2 amide bonds. The second kappa shape index (κ2) is 6.77. The number of carbonyl (C=O) groups is 2. The molecule has 0 aliphatic carbocycles. The molecule has 0 bridgehead atoms. The third kappa shape index (κ3) is 3.57. The Bertz CT molecular complexity index is 1020. The van der Waals surface area contributed by atoms with Crippen molar-refractivity contribution in [2.45, 2.75) is 18.9 Å². The number of aromatic nitrogens is 1. The Morgan fingerprint density at radius 1 is 1.19 bits per heavy atom. The minimum atomic E-state index is -3.07. The normalized spacial score (nSPS) is 20.3. The second-order valence-corrected chi connectivity index (χ2v) is 9.07. The van der Waals surface area contributed by atoms with Crippen LogP contribution in [0.1, 0.15) is 32.8 Å². The molecule has 1 aromatic carbocycles. The predicted molar refractivity (Wildman–Crippen MR) is 101 cm³/mol. The summed E-state index contributed by atoms with van der Waals surface area (Å²) in [6.07, 6.45) is 2.63. The van der Waals surface area contributed by atoms with Crippen LogP contribution in [0.25, 0.3) is 0 Å². The summed E-state index contributed by atoms with van der Waals surface area (Å²) in [6, 6.07) is 10.3. The predicted octanol–water partition coefficient (Wildman–Crippen LogP) is 1.20. The molecule has 2 aliphatic heterocycles. The monoisotopic (exact) mass is 385 g/mol. The highest BCUT2D eigenvalue weighted by atomic mass is 32.2. The molecule has 4 rings (SSSR count). The van der Waals surface area contributed by atoms with E-state index in [0.717, 1.165) is 17.7 Å². The van der Waals surface area contributed by atoms with E-state index in [9.17, 15) is 18.0 Å². The Morgan fingerprint density at radius 2 is 2.00 bits per heavy atom. The molecule has 1 aromatic heterocycles. The largest absolute Gasteiger partial charge is 0.348 e. The molecule has 0 saturated carbocycles. The van der Waals surface area contributed by atoms with Gasteiger partial charge in [-0.05, 0) is 36.6 Å². The highest BCUT2D eigenvalue weighted by molar-refractivity contribution is 7.91. The number of anilines is 1. The van der Waals surface area contributed by atoms with Crippen molar-refractivity contribution in [1.82, 2.24) is 10.3 Å². The Hall–Kier alpha value is -2.74. The van der Waals surface area contributed by atoms with Crippen molar-refractivity contribution in [2.24, 2.45) is 0 Å². The van der Waals surface area contributed by atoms with E-state index in [1.807, 2.05) is 24.3 Å². The average Bonchev–Trinajstić information content (AvgIpc) is 3.24. The van der Waals surface area contributed by atoms with Crippen molar-refractivity contribution in [2.75, 3.05) is 23.0 Å². The van der Waals surface area contributed by atoms with Crippen LogP contribution in [0, 0.1) is 0 Å². The maximum Gasteiger partial charge on any atom is 0.276 e. The van der Waals surface area contributed by atoms with E-state index in [-0.39, 0.29) is 29.1 Å². The van der Waals surface area contributed by atoms with Gasteiger partial charge in [0.1, 0.15) is 5.69 Å². The van der Waals surface area contributed by atoms with Crippen molar-refractivity contribution in [3.8, 4) is 0 Å². The lowest BCUT2D eigenvalue weighted by Crippen LogP contribution is -2.36. The molecule has 27 heavy (non-hydrogen) atoms. The van der Waals surface area contributed by atoms with E-state index in [4.69, 9.17) is 0 Å². The topological polar surface area (TPSA) is 96.4 Å². The van der Waals surface area contributed by atoms with Gasteiger partial charge in [-0.1, -0.05) is 18.2 Å². The zero-order valence-corrected chi connectivity index (χ0v) is 15.4. The van der Waals surface area contributed by atoms with Crippen LogP contribution in [0.15, 0.2) is 42.6 Å². The molecule has 1 unspecified atom stereocenters. The van der Waals surface area contributed by atoms with Crippen molar-refractivity contribution >= 4 is 27.3 Å². The first-order chi connectivity index (χ1) is 12.9. The second-order valence-electron chi connectivity index (χ2n) is 6.84. The number of para-hydroxylation sites is 1. The summed E-state index contributed by atoms with van der Waals surface area (Å²) in [5.74, 6) is -0.597. The van der Waals surface area contributed by atoms with Gasteiger partial charge in [0.25, 0.3) is 11.8 Å². The van der Waals surface area contributed by atoms with Crippen LogP contribution in [0.3, 0.4) is 0 Å². The Balaban J connectivity index is 1.51. The molecule has 8 heteroatoms. The van der Waals surface area contributed by atoms with E-state index in [2.05, 4.69) is 10.3 Å². The van der Waals surface area contributed by atoms with Crippen molar-refractivity contribution < 1.29 is 18.0 Å². The number of nitrogens with zero attached hydrogens (tertiary/aromatic N) is 2. The van der Waals surface area contributed by atoms with Gasteiger partial charge in [0.15, 0.2) is 9.84 Å². The van der Waals surface area contributed by atoms with E-state index in [1.165, 1.54) is 18.3 Å². The fourth-order valence-corrected chi connectivity index (χ4v) is 5.23. The summed E-state index contributed by atoms with van der Waals surface area (Å²) >= 11 is 0. The van der Waals surface area contributed by atoms with E-state index < -0.39 is 15.7 Å². The summed E-state index contributed by atoms with van der Waals surface area (Å²) in [4.78, 5) is 31.1. The zero-order valence-electron chi connectivity index (χ0n) is 14.6. The first-order valence-electron chi connectivity index (χ1n) is 8.80. The molecule has 1 saturated heterocycles. The molecule has 2 aliphatic rings. The highest BCUT2D eigenvalue weighted by Gasteiger charge is 2.30. The third-order valence-electron chi connectivity index (χ3n) is 4.94. The number of rotatable bonds is 3. The van der Waals surface area contributed by atoms with Gasteiger partial charge in [-0.2, -0.15) is 0 Å². The summed E-state index contributed by atoms with van der Waals surface area (Å²) in [6.45, 7) is 0.580. The molecule has 7 nitrogen and oxygen atoms in total. The third-order valence-corrected chi connectivity index (χ3v) is 6.71. The Kier molecular flexibility index (Phi) is 4.43. The summed E-state index contributed by atoms with van der Waals surface area (Å²) in [5.41, 5.74) is 2.47. The van der Waals surface area contributed by atoms with E-state index in [1.54, 1.807) is 4.90 Å². The minimum Gasteiger partial charge on any atom is -0.348 e. The van der Waals surface area contributed by atoms with E-state index in [0.29, 0.717) is 18.5 Å². The van der Waals surface area contributed by atoms with Crippen LogP contribution in [0.2, 0.25) is 0 Å². The first-order valence-corrected chi connectivity index (χ1v) is 10.6. The smallest absolute Gasteiger partial charge is 0.276 e. The standard InChI is InChI=1S/C19H19N3O4S/c23-18(21-15-7-10-27(25,26)12-15)14-5-8-20-16(11-14)19(24)22-9-6-13-3-1-2-4-17(13)22/h1-5,8,11,15H,6-7,9-10,12H2,(H,21,23). The molecule has 1 fully saturated rings. The maximum absolute atomic E-state index is 12.9. The van der Waals surface area contributed by atoms with Gasteiger partial charge in [-0.25, -0.2) is 8.42 Å². The maximum atomic E-state index is 12.9. The summed E-state index contributed by atoms with van der Waals surface area (Å²) in [5, 5.41) is 2.73. The van der Waals surface area contributed by atoms with E-state index >= 15 is 0 Å². The number of pyridine rings is 1. The molecule has 1 atom stereocenters. The van der Waals surface area contributed by atoms with Gasteiger partial charge >= 0.3 is 0 Å². The molecule has 0 spiro atoms. The van der Waals surface area contributed by atoms with Crippen molar-refractivity contribution in [1.29, 1.82) is 0 Å². The molecular formula is C19H19N3O4S. The number of benzene rings is 1. The van der Waals surface area contributed by atoms with Crippen LogP contribution in [0.4, 0.5) is 5.69 Å². The van der Waals surface area contributed by atoms with Gasteiger partial charge in [0.05, 0.1) is 11.5 Å². The minimum absolute atomic E-state index is 0.0415. The Labute approximate surface area is 157 Å². The molecule has 140 valence electrons. The summed E-state index contributed by atoms with van der Waals surface area (Å²) < 4.78 is 23.1. The molecular weight excluding hydrogens is 366 g/mol. The van der Waals surface area contributed by atoms with Crippen LogP contribution in [0.5, 0.6) is 0 Å². The fraction of sp³-hybridized carbons (Fsp3) is 0.316. The number of fused-ring (bicyclic) bond motifs is 1. The molecule has 1 N–H and O–H groups in total. The SMILES string of the molecule is O=C(NC1CCS(=O)(=O)C1)c1ccnc(C(=O)N2CCc3ccccc32)c1. The number of carbonyl (C=O) groups excluding carboxylic acids is 2. The van der Waals surface area contributed by atoms with Crippen molar-refractivity contribution in [3.05, 3.63) is 59.4 Å². The van der Waals surface area contributed by atoms with Gasteiger partial charge in [0.2, 0.25) is 0 Å². The number of amides is 2. The van der Waals surface area contributed by atoms with Crippen LogP contribution < -0.4 is 10.2 Å².